The average molecular weight is 456 g/mol. The molecule has 0 amide bonds. The highest BCUT2D eigenvalue weighted by Gasteiger charge is 2.27. The smallest absolute Gasteiger partial charge is 0.166 e. The van der Waals surface area contributed by atoms with Crippen LogP contribution in [0.4, 0.5) is 21.7 Å². The van der Waals surface area contributed by atoms with Gasteiger partial charge >= 0.3 is 0 Å². The molecule has 0 unspecified atom stereocenters. The van der Waals surface area contributed by atoms with Crippen molar-refractivity contribution < 1.29 is 4.39 Å². The van der Waals surface area contributed by atoms with Gasteiger partial charge in [0.25, 0.3) is 0 Å². The molecule has 2 aromatic heterocycles. The number of pyridine rings is 1. The molecule has 9 heteroatoms. The summed E-state index contributed by atoms with van der Waals surface area (Å²) in [6.45, 7) is 6.45. The minimum atomic E-state index is -0.452. The van der Waals surface area contributed by atoms with Crippen LogP contribution in [0.25, 0.3) is 11.0 Å². The normalized spacial score (nSPS) is 18.9. The molecule has 2 aliphatic heterocycles. The van der Waals surface area contributed by atoms with E-state index in [0.717, 1.165) is 37.4 Å². The van der Waals surface area contributed by atoms with Crippen LogP contribution in [-0.2, 0) is 0 Å². The summed E-state index contributed by atoms with van der Waals surface area (Å²) in [6, 6.07) is 9.22. The lowest BCUT2D eigenvalue weighted by molar-refractivity contribution is 0.115. The van der Waals surface area contributed by atoms with Crippen molar-refractivity contribution in [1.29, 1.82) is 0 Å². The van der Waals surface area contributed by atoms with E-state index < -0.39 is 5.82 Å². The molecule has 2 saturated heterocycles. The SMILES string of the molecule is CN1CCC(N2CCN(c3ccc4c(Nc5ccc(F)c(Cl)c5)ncnc4n3)CC2)CC1. The fourth-order valence-corrected chi connectivity index (χ4v) is 4.78. The van der Waals surface area contributed by atoms with Crippen molar-refractivity contribution in [2.24, 2.45) is 0 Å². The summed E-state index contributed by atoms with van der Waals surface area (Å²) >= 11 is 5.90. The molecular formula is C23H27ClFN7. The van der Waals surface area contributed by atoms with Gasteiger partial charge in [0.2, 0.25) is 0 Å². The second kappa shape index (κ2) is 9.13. The molecular weight excluding hydrogens is 429 g/mol. The van der Waals surface area contributed by atoms with E-state index in [2.05, 4.69) is 37.0 Å². The van der Waals surface area contributed by atoms with Gasteiger partial charge in [0.05, 0.1) is 10.4 Å². The van der Waals surface area contributed by atoms with Gasteiger partial charge < -0.3 is 15.1 Å². The van der Waals surface area contributed by atoms with E-state index in [1.165, 1.54) is 44.4 Å². The van der Waals surface area contributed by atoms with Crippen molar-refractivity contribution in [2.45, 2.75) is 18.9 Å². The second-order valence-electron chi connectivity index (χ2n) is 8.57. The Hall–Kier alpha value is -2.55. The summed E-state index contributed by atoms with van der Waals surface area (Å²) < 4.78 is 13.5. The first-order valence-corrected chi connectivity index (χ1v) is 11.5. The molecule has 0 radical (unpaired) electrons. The number of piperazine rings is 1. The number of nitrogens with one attached hydrogen (secondary N) is 1. The van der Waals surface area contributed by atoms with E-state index in [4.69, 9.17) is 16.6 Å². The molecule has 7 nitrogen and oxygen atoms in total. The summed E-state index contributed by atoms with van der Waals surface area (Å²) in [5, 5.41) is 4.06. The topological polar surface area (TPSA) is 60.4 Å². The maximum Gasteiger partial charge on any atom is 0.166 e. The van der Waals surface area contributed by atoms with Gasteiger partial charge in [-0.2, -0.15) is 0 Å². The van der Waals surface area contributed by atoms with Crippen LogP contribution in [0, 0.1) is 5.82 Å². The third kappa shape index (κ3) is 4.48. The molecule has 0 saturated carbocycles. The van der Waals surface area contributed by atoms with Crippen molar-refractivity contribution >= 4 is 40.0 Å². The Bertz CT molecular complexity index is 1090. The van der Waals surface area contributed by atoms with Gasteiger partial charge in [0, 0.05) is 37.9 Å². The molecule has 32 heavy (non-hydrogen) atoms. The number of hydrogen-bond acceptors (Lipinski definition) is 7. The fraction of sp³-hybridized carbons (Fsp3) is 0.435. The van der Waals surface area contributed by atoms with Crippen LogP contribution in [0.1, 0.15) is 12.8 Å². The monoisotopic (exact) mass is 455 g/mol. The summed E-state index contributed by atoms with van der Waals surface area (Å²) in [7, 11) is 2.21. The zero-order valence-electron chi connectivity index (χ0n) is 18.1. The molecule has 0 spiro atoms. The van der Waals surface area contributed by atoms with Crippen molar-refractivity contribution in [3.8, 4) is 0 Å². The fourth-order valence-electron chi connectivity index (χ4n) is 4.60. The number of fused-ring (bicyclic) bond motifs is 1. The van der Waals surface area contributed by atoms with Crippen LogP contribution < -0.4 is 10.2 Å². The Morgan fingerprint density at radius 3 is 2.53 bits per heavy atom. The summed E-state index contributed by atoms with van der Waals surface area (Å²) in [5.41, 5.74) is 1.29. The zero-order chi connectivity index (χ0) is 22.1. The van der Waals surface area contributed by atoms with E-state index in [0.29, 0.717) is 23.2 Å². The number of anilines is 3. The van der Waals surface area contributed by atoms with Crippen molar-refractivity contribution in [3.05, 3.63) is 47.5 Å². The zero-order valence-corrected chi connectivity index (χ0v) is 18.9. The van der Waals surface area contributed by atoms with Gasteiger partial charge in [-0.15, -0.1) is 0 Å². The molecule has 4 heterocycles. The molecule has 2 fully saturated rings. The summed E-state index contributed by atoms with van der Waals surface area (Å²) in [5.74, 6) is 1.10. The van der Waals surface area contributed by atoms with Gasteiger partial charge in [0.15, 0.2) is 5.65 Å². The quantitative estimate of drug-likeness (QED) is 0.642. The highest BCUT2D eigenvalue weighted by Crippen LogP contribution is 2.27. The summed E-state index contributed by atoms with van der Waals surface area (Å²) in [6.07, 6.45) is 4.01. The Labute approximate surface area is 192 Å². The lowest BCUT2D eigenvalue weighted by atomic mass is 10.0. The molecule has 5 rings (SSSR count). The second-order valence-corrected chi connectivity index (χ2v) is 8.98. The standard InChI is InChI=1S/C23H27ClFN7/c1-30-8-6-17(7-9-30)31-10-12-32(13-11-31)21-5-3-18-22(26-15-27-23(18)29-21)28-16-2-4-20(25)19(24)14-16/h2-5,14-15,17H,6-13H2,1H3,(H,26,27,28,29). The number of rotatable bonds is 4. The van der Waals surface area contributed by atoms with Gasteiger partial charge in [-0.3, -0.25) is 4.90 Å². The predicted octanol–water partition coefficient (Wildman–Crippen LogP) is 3.78. The Morgan fingerprint density at radius 1 is 1.00 bits per heavy atom. The van der Waals surface area contributed by atoms with Crippen LogP contribution in [0.2, 0.25) is 5.02 Å². The minimum Gasteiger partial charge on any atom is -0.354 e. The molecule has 2 aliphatic rings. The lowest BCUT2D eigenvalue weighted by Crippen LogP contribution is -2.53. The molecule has 0 atom stereocenters. The largest absolute Gasteiger partial charge is 0.354 e. The molecule has 0 bridgehead atoms. The number of benzene rings is 1. The number of aromatic nitrogens is 3. The molecule has 1 aromatic carbocycles. The first kappa shape index (κ1) is 21.3. The van der Waals surface area contributed by atoms with Gasteiger partial charge in [-0.05, 0) is 63.3 Å². The molecule has 168 valence electrons. The van der Waals surface area contributed by atoms with E-state index in [1.54, 1.807) is 6.07 Å². The van der Waals surface area contributed by atoms with Gasteiger partial charge in [0.1, 0.15) is 23.8 Å². The third-order valence-corrected chi connectivity index (χ3v) is 6.80. The molecule has 0 aliphatic carbocycles. The number of nitrogens with zero attached hydrogens (tertiary/aromatic N) is 6. The van der Waals surface area contributed by atoms with Crippen LogP contribution in [0.15, 0.2) is 36.7 Å². The Morgan fingerprint density at radius 2 is 1.78 bits per heavy atom. The summed E-state index contributed by atoms with van der Waals surface area (Å²) in [4.78, 5) is 20.9. The van der Waals surface area contributed by atoms with Gasteiger partial charge in [-0.25, -0.2) is 19.3 Å². The average Bonchev–Trinajstić information content (AvgIpc) is 2.82. The van der Waals surface area contributed by atoms with E-state index in [-0.39, 0.29) is 5.02 Å². The van der Waals surface area contributed by atoms with Crippen LogP contribution >= 0.6 is 11.6 Å². The maximum atomic E-state index is 13.5. The number of likely N-dealkylation sites (tertiary alicyclic amines) is 1. The van der Waals surface area contributed by atoms with Crippen molar-refractivity contribution in [3.63, 3.8) is 0 Å². The maximum absolute atomic E-state index is 13.5. The number of hydrogen-bond donors (Lipinski definition) is 1. The molecule has 3 aromatic rings. The Balaban J connectivity index is 1.28. The first-order chi connectivity index (χ1) is 15.6. The number of piperidine rings is 1. The van der Waals surface area contributed by atoms with E-state index >= 15 is 0 Å². The lowest BCUT2D eigenvalue weighted by Gasteiger charge is -2.42. The first-order valence-electron chi connectivity index (χ1n) is 11.1. The number of halogens is 2. The van der Waals surface area contributed by atoms with E-state index in [1.807, 2.05) is 12.1 Å². The third-order valence-electron chi connectivity index (χ3n) is 6.51. The minimum absolute atomic E-state index is 0.0631. The highest BCUT2D eigenvalue weighted by molar-refractivity contribution is 6.31. The van der Waals surface area contributed by atoms with Crippen molar-refractivity contribution in [2.75, 3.05) is 56.5 Å². The van der Waals surface area contributed by atoms with E-state index in [9.17, 15) is 4.39 Å². The van der Waals surface area contributed by atoms with Crippen LogP contribution in [0.3, 0.4) is 0 Å². The highest BCUT2D eigenvalue weighted by atomic mass is 35.5. The predicted molar refractivity (Wildman–Crippen MR) is 126 cm³/mol. The van der Waals surface area contributed by atoms with Gasteiger partial charge in [-0.1, -0.05) is 11.6 Å². The molecule has 1 N–H and O–H groups in total. The van der Waals surface area contributed by atoms with Crippen LogP contribution in [0.5, 0.6) is 0 Å². The van der Waals surface area contributed by atoms with Crippen LogP contribution in [-0.4, -0.2) is 77.1 Å². The van der Waals surface area contributed by atoms with Crippen molar-refractivity contribution in [1.82, 2.24) is 24.8 Å². The Kier molecular flexibility index (Phi) is 6.08.